The Hall–Kier alpha value is -2.63. The monoisotopic (exact) mass is 282 g/mol. The highest BCUT2D eigenvalue weighted by molar-refractivity contribution is 5.67. The van der Waals surface area contributed by atoms with Crippen LogP contribution in [0.25, 0.3) is 5.52 Å². The maximum atomic E-state index is 4.37. The summed E-state index contributed by atoms with van der Waals surface area (Å²) in [5, 5.41) is 11.0. The zero-order chi connectivity index (χ0) is 14.5. The van der Waals surface area contributed by atoms with Crippen LogP contribution in [0.5, 0.6) is 0 Å². The van der Waals surface area contributed by atoms with Crippen LogP contribution in [0.3, 0.4) is 0 Å². The maximum Gasteiger partial charge on any atom is 0.152 e. The van der Waals surface area contributed by atoms with Crippen molar-refractivity contribution in [2.45, 2.75) is 13.3 Å². The summed E-state index contributed by atoms with van der Waals surface area (Å²) in [6, 6.07) is 7.87. The molecule has 108 valence electrons. The molecule has 3 rings (SSSR count). The SMILES string of the molecule is Cc1cc2c(NCCCNc3ccccn3)nccn2n1. The van der Waals surface area contributed by atoms with Gasteiger partial charge in [0.05, 0.1) is 5.69 Å². The Kier molecular flexibility index (Phi) is 3.95. The first kappa shape index (κ1) is 13.4. The van der Waals surface area contributed by atoms with Crippen LogP contribution in [0.15, 0.2) is 42.9 Å². The normalized spacial score (nSPS) is 10.7. The van der Waals surface area contributed by atoms with Gasteiger partial charge in [-0.2, -0.15) is 5.10 Å². The smallest absolute Gasteiger partial charge is 0.152 e. The Balaban J connectivity index is 1.51. The molecule has 0 amide bonds. The molecule has 21 heavy (non-hydrogen) atoms. The lowest BCUT2D eigenvalue weighted by Gasteiger charge is -2.08. The lowest BCUT2D eigenvalue weighted by molar-refractivity contribution is 0.888. The van der Waals surface area contributed by atoms with Crippen molar-refractivity contribution in [1.29, 1.82) is 0 Å². The predicted octanol–water partition coefficient (Wildman–Crippen LogP) is 2.35. The standard InChI is InChI=1S/C15H18N6/c1-12-11-13-15(19-9-10-21(13)20-12)18-8-4-7-17-14-5-2-3-6-16-14/h2-3,5-6,9-11H,4,7-8H2,1H3,(H,16,17)(H,18,19). The second-order valence-corrected chi connectivity index (χ2v) is 4.81. The van der Waals surface area contributed by atoms with Crippen LogP contribution in [0, 0.1) is 6.92 Å². The Morgan fingerprint density at radius 2 is 2.00 bits per heavy atom. The van der Waals surface area contributed by atoms with Crippen LogP contribution >= 0.6 is 0 Å². The number of aryl methyl sites for hydroxylation is 1. The molecule has 0 radical (unpaired) electrons. The van der Waals surface area contributed by atoms with E-state index in [1.165, 1.54) is 0 Å². The topological polar surface area (TPSA) is 67.1 Å². The molecule has 0 saturated heterocycles. The molecule has 0 aliphatic rings. The van der Waals surface area contributed by atoms with Crippen molar-refractivity contribution >= 4 is 17.2 Å². The van der Waals surface area contributed by atoms with Gasteiger partial charge in [-0.25, -0.2) is 14.5 Å². The molecule has 0 saturated carbocycles. The summed E-state index contributed by atoms with van der Waals surface area (Å²) in [6.45, 7) is 3.69. The molecule has 6 heteroatoms. The molecule has 6 nitrogen and oxygen atoms in total. The Morgan fingerprint density at radius 1 is 1.10 bits per heavy atom. The first-order valence-electron chi connectivity index (χ1n) is 7.03. The lowest BCUT2D eigenvalue weighted by atomic mass is 10.3. The lowest BCUT2D eigenvalue weighted by Crippen LogP contribution is -2.11. The first-order valence-corrected chi connectivity index (χ1v) is 7.03. The van der Waals surface area contributed by atoms with Gasteiger partial charge in [-0.3, -0.25) is 0 Å². The van der Waals surface area contributed by atoms with Gasteiger partial charge in [-0.15, -0.1) is 0 Å². The molecule has 0 aromatic carbocycles. The molecule has 0 atom stereocenters. The van der Waals surface area contributed by atoms with Gasteiger partial charge in [0.15, 0.2) is 5.82 Å². The van der Waals surface area contributed by atoms with E-state index >= 15 is 0 Å². The Bertz CT molecular complexity index is 707. The minimum atomic E-state index is 0.844. The third-order valence-corrected chi connectivity index (χ3v) is 3.13. The van der Waals surface area contributed by atoms with Gasteiger partial charge in [0.2, 0.25) is 0 Å². The minimum absolute atomic E-state index is 0.844. The molecule has 0 aliphatic carbocycles. The van der Waals surface area contributed by atoms with Gasteiger partial charge in [0, 0.05) is 31.7 Å². The largest absolute Gasteiger partial charge is 0.370 e. The summed E-state index contributed by atoms with van der Waals surface area (Å²) in [7, 11) is 0. The number of pyridine rings is 1. The summed E-state index contributed by atoms with van der Waals surface area (Å²) >= 11 is 0. The van der Waals surface area contributed by atoms with Crippen LogP contribution in [0.4, 0.5) is 11.6 Å². The maximum absolute atomic E-state index is 4.37. The van der Waals surface area contributed by atoms with E-state index in [9.17, 15) is 0 Å². The van der Waals surface area contributed by atoms with Crippen LogP contribution in [0.2, 0.25) is 0 Å². The van der Waals surface area contributed by atoms with Gasteiger partial charge >= 0.3 is 0 Å². The molecule has 0 fully saturated rings. The summed E-state index contributed by atoms with van der Waals surface area (Å²) < 4.78 is 1.84. The number of fused-ring (bicyclic) bond motifs is 1. The van der Waals surface area contributed by atoms with Gasteiger partial charge in [-0.05, 0) is 31.5 Å². The van der Waals surface area contributed by atoms with Crippen molar-refractivity contribution in [3.05, 3.63) is 48.5 Å². The Labute approximate surface area is 123 Å². The van der Waals surface area contributed by atoms with Crippen molar-refractivity contribution in [2.24, 2.45) is 0 Å². The second-order valence-electron chi connectivity index (χ2n) is 4.81. The van der Waals surface area contributed by atoms with Crippen molar-refractivity contribution in [3.8, 4) is 0 Å². The zero-order valence-electron chi connectivity index (χ0n) is 12.0. The van der Waals surface area contributed by atoms with Crippen molar-refractivity contribution < 1.29 is 0 Å². The fraction of sp³-hybridized carbons (Fsp3) is 0.267. The van der Waals surface area contributed by atoms with Crippen molar-refractivity contribution in [1.82, 2.24) is 19.6 Å². The quantitative estimate of drug-likeness (QED) is 0.679. The average Bonchev–Trinajstić information content (AvgIpc) is 2.89. The zero-order valence-corrected chi connectivity index (χ0v) is 12.0. The minimum Gasteiger partial charge on any atom is -0.370 e. The number of hydrogen-bond donors (Lipinski definition) is 2. The molecule has 0 unspecified atom stereocenters. The number of hydrogen-bond acceptors (Lipinski definition) is 5. The second kappa shape index (κ2) is 6.21. The van der Waals surface area contributed by atoms with E-state index < -0.39 is 0 Å². The summed E-state index contributed by atoms with van der Waals surface area (Å²) in [5.74, 6) is 1.78. The van der Waals surface area contributed by atoms with E-state index in [-0.39, 0.29) is 0 Å². The molecule has 0 aliphatic heterocycles. The number of nitrogens with zero attached hydrogens (tertiary/aromatic N) is 4. The third kappa shape index (κ3) is 3.28. The molecular weight excluding hydrogens is 264 g/mol. The van der Waals surface area contributed by atoms with Gasteiger partial charge < -0.3 is 10.6 Å². The Morgan fingerprint density at radius 3 is 2.86 bits per heavy atom. The fourth-order valence-corrected chi connectivity index (χ4v) is 2.16. The van der Waals surface area contributed by atoms with Gasteiger partial charge in [0.25, 0.3) is 0 Å². The van der Waals surface area contributed by atoms with Crippen LogP contribution < -0.4 is 10.6 Å². The van der Waals surface area contributed by atoms with Crippen molar-refractivity contribution in [3.63, 3.8) is 0 Å². The molecule has 2 N–H and O–H groups in total. The van der Waals surface area contributed by atoms with Crippen LogP contribution in [0.1, 0.15) is 12.1 Å². The van der Waals surface area contributed by atoms with Crippen molar-refractivity contribution in [2.75, 3.05) is 23.7 Å². The molecule has 0 bridgehead atoms. The van der Waals surface area contributed by atoms with E-state index in [4.69, 9.17) is 0 Å². The molecule has 3 aromatic rings. The predicted molar refractivity (Wildman–Crippen MR) is 83.6 cm³/mol. The summed E-state index contributed by atoms with van der Waals surface area (Å²) in [5.41, 5.74) is 2.00. The average molecular weight is 282 g/mol. The van der Waals surface area contributed by atoms with E-state index in [0.29, 0.717) is 0 Å². The first-order chi connectivity index (χ1) is 10.3. The third-order valence-electron chi connectivity index (χ3n) is 3.13. The van der Waals surface area contributed by atoms with E-state index in [0.717, 1.165) is 42.4 Å². The van der Waals surface area contributed by atoms with Gasteiger partial charge in [0.1, 0.15) is 11.3 Å². The summed E-state index contributed by atoms with van der Waals surface area (Å²) in [6.07, 6.45) is 6.38. The number of aromatic nitrogens is 4. The van der Waals surface area contributed by atoms with E-state index in [2.05, 4.69) is 25.7 Å². The highest BCUT2D eigenvalue weighted by atomic mass is 15.2. The van der Waals surface area contributed by atoms with Crippen LogP contribution in [-0.4, -0.2) is 32.7 Å². The molecule has 3 aromatic heterocycles. The summed E-state index contributed by atoms with van der Waals surface area (Å²) in [4.78, 5) is 8.59. The molecule has 0 spiro atoms. The highest BCUT2D eigenvalue weighted by Gasteiger charge is 2.04. The molecular formula is C15H18N6. The number of anilines is 2. The van der Waals surface area contributed by atoms with E-state index in [1.54, 1.807) is 12.4 Å². The van der Waals surface area contributed by atoms with E-state index in [1.807, 2.05) is 41.9 Å². The molecule has 3 heterocycles. The number of nitrogens with one attached hydrogen (secondary N) is 2. The highest BCUT2D eigenvalue weighted by Crippen LogP contribution is 2.14. The fourth-order valence-electron chi connectivity index (χ4n) is 2.16. The van der Waals surface area contributed by atoms with Crippen LogP contribution in [-0.2, 0) is 0 Å². The van der Waals surface area contributed by atoms with Gasteiger partial charge in [-0.1, -0.05) is 6.07 Å². The number of rotatable bonds is 6.